The van der Waals surface area contributed by atoms with Gasteiger partial charge in [-0.05, 0) is 69.2 Å². The zero-order chi connectivity index (χ0) is 35.3. The molecule has 0 heterocycles. The molecule has 0 aromatic heterocycles. The number of benzene rings is 4. The first-order chi connectivity index (χ1) is 22.5. The second-order valence-electron chi connectivity index (χ2n) is 12.4. The molecule has 0 saturated heterocycles. The van der Waals surface area contributed by atoms with Crippen LogP contribution in [0.1, 0.15) is 43.0 Å². The number of halogens is 4. The molecule has 0 saturated carbocycles. The Morgan fingerprint density at radius 1 is 0.833 bits per heavy atom. The lowest BCUT2D eigenvalue weighted by Gasteiger charge is -2.35. The lowest BCUT2D eigenvalue weighted by atomic mass is 10.0. The molecule has 12 heteroatoms. The number of hydrogen-bond acceptors (Lipinski definition) is 4. The van der Waals surface area contributed by atoms with E-state index in [1.54, 1.807) is 51.1 Å². The van der Waals surface area contributed by atoms with Gasteiger partial charge in [0.05, 0.1) is 21.2 Å². The van der Waals surface area contributed by atoms with Crippen LogP contribution in [0.3, 0.4) is 0 Å². The minimum Gasteiger partial charge on any atom is -0.350 e. The van der Waals surface area contributed by atoms with Crippen molar-refractivity contribution in [2.24, 2.45) is 0 Å². The summed E-state index contributed by atoms with van der Waals surface area (Å²) in [7, 11) is -4.60. The smallest absolute Gasteiger partial charge is 0.350 e. The van der Waals surface area contributed by atoms with Crippen molar-refractivity contribution in [3.05, 3.63) is 130 Å². The number of carbonyl (C=O) groups is 2. The second kappa shape index (κ2) is 14.8. The van der Waals surface area contributed by atoms with E-state index in [1.165, 1.54) is 29.2 Å². The Morgan fingerprint density at radius 2 is 1.42 bits per heavy atom. The number of amides is 2. The molecule has 1 N–H and O–H groups in total. The number of aryl methyl sites for hydroxylation is 1. The Balaban J connectivity index is 1.87. The van der Waals surface area contributed by atoms with E-state index in [2.05, 4.69) is 5.32 Å². The lowest BCUT2D eigenvalue weighted by molar-refractivity contribution is -0.140. The molecule has 0 bridgehead atoms. The van der Waals surface area contributed by atoms with Crippen LogP contribution in [0, 0.1) is 6.92 Å². The van der Waals surface area contributed by atoms with Crippen molar-refractivity contribution in [2.75, 3.05) is 10.8 Å². The molecule has 0 spiro atoms. The van der Waals surface area contributed by atoms with Crippen LogP contribution in [-0.2, 0) is 38.8 Å². The van der Waals surface area contributed by atoms with E-state index in [0.717, 1.165) is 23.3 Å². The Bertz CT molecular complexity index is 1830. The molecule has 1 unspecified atom stereocenters. The average Bonchev–Trinajstić information content (AvgIpc) is 3.02. The van der Waals surface area contributed by atoms with Crippen molar-refractivity contribution in [3.8, 4) is 0 Å². The summed E-state index contributed by atoms with van der Waals surface area (Å²) >= 11 is 5.87. The summed E-state index contributed by atoms with van der Waals surface area (Å²) in [5.74, 6) is -1.28. The Hall–Kier alpha value is -4.35. The molecule has 4 aromatic carbocycles. The summed E-state index contributed by atoms with van der Waals surface area (Å²) in [5, 5.41) is 2.31. The highest BCUT2D eigenvalue weighted by molar-refractivity contribution is 7.92. The first-order valence-corrected chi connectivity index (χ1v) is 16.9. The van der Waals surface area contributed by atoms with Gasteiger partial charge in [-0.15, -0.1) is 0 Å². The van der Waals surface area contributed by atoms with Crippen molar-refractivity contribution in [1.29, 1.82) is 0 Å². The van der Waals surface area contributed by atoms with E-state index in [-0.39, 0.29) is 17.9 Å². The molecule has 1 atom stereocenters. The zero-order valence-corrected chi connectivity index (χ0v) is 28.5. The van der Waals surface area contributed by atoms with E-state index < -0.39 is 62.4 Å². The molecule has 0 aliphatic rings. The van der Waals surface area contributed by atoms with Crippen LogP contribution in [-0.4, -0.2) is 43.3 Å². The maximum absolute atomic E-state index is 14.5. The third kappa shape index (κ3) is 9.38. The minimum atomic E-state index is -4.90. The number of nitrogens with one attached hydrogen (secondary N) is 1. The minimum absolute atomic E-state index is 0.0815. The molecule has 48 heavy (non-hydrogen) atoms. The summed E-state index contributed by atoms with van der Waals surface area (Å²) in [6, 6.07) is 24.9. The SMILES string of the molecule is Cc1ccc(CN(C(=O)CN(c2ccc(Cl)c(C(F)(F)F)c2)S(=O)(=O)c2ccccc2)C(Cc2ccccc2)C(=O)NC(C)(C)C)cc1. The summed E-state index contributed by atoms with van der Waals surface area (Å²) in [4.78, 5) is 29.5. The van der Waals surface area contributed by atoms with Gasteiger partial charge in [0.2, 0.25) is 11.8 Å². The maximum Gasteiger partial charge on any atom is 0.417 e. The van der Waals surface area contributed by atoms with E-state index >= 15 is 0 Å². The Morgan fingerprint density at radius 3 is 1.98 bits per heavy atom. The predicted octanol–water partition coefficient (Wildman–Crippen LogP) is 7.42. The highest BCUT2D eigenvalue weighted by Gasteiger charge is 2.38. The Kier molecular flexibility index (Phi) is 11.3. The first-order valence-electron chi connectivity index (χ1n) is 15.1. The third-order valence-electron chi connectivity index (χ3n) is 7.40. The molecule has 2 amide bonds. The first kappa shape index (κ1) is 36.5. The van der Waals surface area contributed by atoms with Crippen LogP contribution in [0.4, 0.5) is 18.9 Å². The number of nitrogens with zero attached hydrogens (tertiary/aromatic N) is 2. The molecular weight excluding hydrogens is 663 g/mol. The molecular formula is C36H37ClF3N3O4S. The normalized spacial score (nSPS) is 12.7. The number of hydrogen-bond donors (Lipinski definition) is 1. The van der Waals surface area contributed by atoms with Gasteiger partial charge in [0, 0.05) is 18.5 Å². The molecule has 0 aliphatic carbocycles. The number of sulfonamides is 1. The maximum atomic E-state index is 14.5. The largest absolute Gasteiger partial charge is 0.417 e. The molecule has 4 aromatic rings. The quantitative estimate of drug-likeness (QED) is 0.177. The van der Waals surface area contributed by atoms with Gasteiger partial charge in [-0.3, -0.25) is 13.9 Å². The average molecular weight is 700 g/mol. The zero-order valence-electron chi connectivity index (χ0n) is 27.0. The topological polar surface area (TPSA) is 86.8 Å². The second-order valence-corrected chi connectivity index (χ2v) is 14.7. The number of anilines is 1. The van der Waals surface area contributed by atoms with Gasteiger partial charge in [0.15, 0.2) is 0 Å². The van der Waals surface area contributed by atoms with Gasteiger partial charge in [0.25, 0.3) is 10.0 Å². The molecule has 7 nitrogen and oxygen atoms in total. The molecule has 254 valence electrons. The van der Waals surface area contributed by atoms with Gasteiger partial charge < -0.3 is 10.2 Å². The molecule has 0 fully saturated rings. The van der Waals surface area contributed by atoms with Crippen molar-refractivity contribution >= 4 is 39.1 Å². The van der Waals surface area contributed by atoms with E-state index in [1.807, 2.05) is 37.3 Å². The van der Waals surface area contributed by atoms with Crippen molar-refractivity contribution < 1.29 is 31.2 Å². The molecule has 0 radical (unpaired) electrons. The van der Waals surface area contributed by atoms with E-state index in [4.69, 9.17) is 11.6 Å². The number of rotatable bonds is 11. The van der Waals surface area contributed by atoms with Crippen LogP contribution in [0.5, 0.6) is 0 Å². The molecule has 0 aliphatic heterocycles. The van der Waals surface area contributed by atoms with Gasteiger partial charge in [-0.1, -0.05) is 90.0 Å². The summed E-state index contributed by atoms with van der Waals surface area (Å²) < 4.78 is 70.6. The summed E-state index contributed by atoms with van der Waals surface area (Å²) in [6.07, 6.45) is -4.81. The molecule has 4 rings (SSSR count). The highest BCUT2D eigenvalue weighted by atomic mass is 35.5. The van der Waals surface area contributed by atoms with Gasteiger partial charge in [-0.25, -0.2) is 8.42 Å². The summed E-state index contributed by atoms with van der Waals surface area (Å²) in [6.45, 7) is 6.30. The van der Waals surface area contributed by atoms with Gasteiger partial charge in [0.1, 0.15) is 12.6 Å². The van der Waals surface area contributed by atoms with Crippen molar-refractivity contribution in [2.45, 2.75) is 63.3 Å². The fraction of sp³-hybridized carbons (Fsp3) is 0.278. The fourth-order valence-electron chi connectivity index (χ4n) is 5.03. The lowest BCUT2D eigenvalue weighted by Crippen LogP contribution is -2.56. The van der Waals surface area contributed by atoms with Crippen LogP contribution in [0.25, 0.3) is 0 Å². The van der Waals surface area contributed by atoms with Crippen LogP contribution in [0.15, 0.2) is 108 Å². The number of carbonyl (C=O) groups excluding carboxylic acids is 2. The van der Waals surface area contributed by atoms with E-state index in [9.17, 15) is 31.2 Å². The predicted molar refractivity (Wildman–Crippen MR) is 181 cm³/mol. The van der Waals surface area contributed by atoms with Crippen LogP contribution < -0.4 is 9.62 Å². The number of alkyl halides is 3. The standard InChI is InChI=1S/C36H37ClF3N3O4S/c1-25-15-17-27(18-16-25)23-42(32(34(45)41-35(2,3)4)21-26-11-7-5-8-12-26)33(44)24-43(48(46,47)29-13-9-6-10-14-29)28-19-20-31(37)30(22-28)36(38,39)40/h5-20,22,32H,21,23-24H2,1-4H3,(H,41,45). The van der Waals surface area contributed by atoms with E-state index in [0.29, 0.717) is 15.9 Å². The van der Waals surface area contributed by atoms with Crippen LogP contribution in [0.2, 0.25) is 5.02 Å². The highest BCUT2D eigenvalue weighted by Crippen LogP contribution is 2.38. The van der Waals surface area contributed by atoms with Gasteiger partial charge >= 0.3 is 6.18 Å². The van der Waals surface area contributed by atoms with Crippen molar-refractivity contribution in [1.82, 2.24) is 10.2 Å². The Labute approximate surface area is 284 Å². The van der Waals surface area contributed by atoms with Crippen LogP contribution >= 0.6 is 11.6 Å². The fourth-order valence-corrected chi connectivity index (χ4v) is 6.68. The summed E-state index contributed by atoms with van der Waals surface area (Å²) in [5.41, 5.74) is 0.0213. The third-order valence-corrected chi connectivity index (χ3v) is 9.51. The van der Waals surface area contributed by atoms with Crippen molar-refractivity contribution in [3.63, 3.8) is 0 Å². The van der Waals surface area contributed by atoms with Gasteiger partial charge in [-0.2, -0.15) is 13.2 Å². The monoisotopic (exact) mass is 699 g/mol.